The molecule has 1 aromatic carbocycles. The standard InChI is InChI=1S/C15H22N2S/c1-17(13-6-7-13)9-8-16-10-12-11-18-15-5-3-2-4-14(12)15/h2-5,12-13,16H,6-11H2,1H3. The van der Waals surface area contributed by atoms with Crippen molar-refractivity contribution in [2.75, 3.05) is 32.4 Å². The predicted octanol–water partition coefficient (Wildman–Crippen LogP) is 2.56. The Bertz CT molecular complexity index is 403. The van der Waals surface area contributed by atoms with Gasteiger partial charge < -0.3 is 10.2 Å². The summed E-state index contributed by atoms with van der Waals surface area (Å²) in [6.45, 7) is 3.44. The SMILES string of the molecule is CN(CCNCC1CSc2ccccc21)C1CC1. The molecule has 3 heteroatoms. The van der Waals surface area contributed by atoms with Crippen LogP contribution in [0.15, 0.2) is 29.2 Å². The molecular formula is C15H22N2S. The van der Waals surface area contributed by atoms with Crippen LogP contribution < -0.4 is 5.32 Å². The summed E-state index contributed by atoms with van der Waals surface area (Å²) in [6, 6.07) is 9.73. The van der Waals surface area contributed by atoms with E-state index in [1.165, 1.54) is 30.0 Å². The second-order valence-corrected chi connectivity index (χ2v) is 6.52. The molecule has 18 heavy (non-hydrogen) atoms. The van der Waals surface area contributed by atoms with Crippen molar-refractivity contribution in [1.29, 1.82) is 0 Å². The van der Waals surface area contributed by atoms with Crippen molar-refractivity contribution >= 4 is 11.8 Å². The van der Waals surface area contributed by atoms with Gasteiger partial charge in [0, 0.05) is 42.2 Å². The minimum atomic E-state index is 0.706. The Morgan fingerprint density at radius 3 is 3.00 bits per heavy atom. The molecule has 98 valence electrons. The highest BCUT2D eigenvalue weighted by atomic mass is 32.2. The van der Waals surface area contributed by atoms with Gasteiger partial charge in [0.15, 0.2) is 0 Å². The summed E-state index contributed by atoms with van der Waals surface area (Å²) in [5.74, 6) is 1.95. The molecule has 1 N–H and O–H groups in total. The normalized spacial score (nSPS) is 22.4. The van der Waals surface area contributed by atoms with Crippen molar-refractivity contribution in [2.24, 2.45) is 0 Å². The van der Waals surface area contributed by atoms with Gasteiger partial charge in [-0.2, -0.15) is 0 Å². The van der Waals surface area contributed by atoms with Gasteiger partial charge in [-0.15, -0.1) is 11.8 Å². The zero-order valence-electron chi connectivity index (χ0n) is 11.1. The highest BCUT2D eigenvalue weighted by Gasteiger charge is 2.25. The van der Waals surface area contributed by atoms with Crippen LogP contribution in [0, 0.1) is 0 Å². The van der Waals surface area contributed by atoms with E-state index >= 15 is 0 Å². The smallest absolute Gasteiger partial charge is 0.0108 e. The third-order valence-corrected chi connectivity index (χ3v) is 5.25. The lowest BCUT2D eigenvalue weighted by atomic mass is 10.0. The molecule has 0 radical (unpaired) electrons. The van der Waals surface area contributed by atoms with Crippen LogP contribution in [-0.4, -0.2) is 43.4 Å². The number of hydrogen-bond donors (Lipinski definition) is 1. The lowest BCUT2D eigenvalue weighted by Crippen LogP contribution is -2.32. The van der Waals surface area contributed by atoms with Crippen molar-refractivity contribution in [3.63, 3.8) is 0 Å². The van der Waals surface area contributed by atoms with Crippen LogP contribution in [0.5, 0.6) is 0 Å². The fourth-order valence-corrected chi connectivity index (χ4v) is 3.88. The summed E-state index contributed by atoms with van der Waals surface area (Å²) in [4.78, 5) is 3.98. The molecule has 1 atom stereocenters. The van der Waals surface area contributed by atoms with Crippen molar-refractivity contribution in [3.8, 4) is 0 Å². The molecule has 3 rings (SSSR count). The molecular weight excluding hydrogens is 240 g/mol. The third-order valence-electron chi connectivity index (χ3n) is 4.00. The van der Waals surface area contributed by atoms with Gasteiger partial charge in [-0.1, -0.05) is 18.2 Å². The second-order valence-electron chi connectivity index (χ2n) is 5.46. The molecule has 0 aromatic heterocycles. The van der Waals surface area contributed by atoms with Gasteiger partial charge >= 0.3 is 0 Å². The van der Waals surface area contributed by atoms with Crippen molar-refractivity contribution < 1.29 is 0 Å². The minimum absolute atomic E-state index is 0.706. The number of hydrogen-bond acceptors (Lipinski definition) is 3. The van der Waals surface area contributed by atoms with Crippen molar-refractivity contribution in [1.82, 2.24) is 10.2 Å². The molecule has 2 nitrogen and oxygen atoms in total. The summed E-state index contributed by atoms with van der Waals surface area (Å²) in [5.41, 5.74) is 1.55. The Hall–Kier alpha value is -0.510. The van der Waals surface area contributed by atoms with Crippen LogP contribution in [0.25, 0.3) is 0 Å². The van der Waals surface area contributed by atoms with Gasteiger partial charge in [0.05, 0.1) is 0 Å². The largest absolute Gasteiger partial charge is 0.315 e. The molecule has 0 saturated heterocycles. The number of fused-ring (bicyclic) bond motifs is 1. The molecule has 1 aliphatic heterocycles. The summed E-state index contributed by atoms with van der Waals surface area (Å²) >= 11 is 2.00. The van der Waals surface area contributed by atoms with Crippen molar-refractivity contribution in [3.05, 3.63) is 29.8 Å². The molecule has 0 spiro atoms. The van der Waals surface area contributed by atoms with Gasteiger partial charge in [0.1, 0.15) is 0 Å². The Balaban J connectivity index is 1.41. The second kappa shape index (κ2) is 5.64. The first-order valence-corrected chi connectivity index (χ1v) is 7.96. The maximum absolute atomic E-state index is 3.63. The fraction of sp³-hybridized carbons (Fsp3) is 0.600. The zero-order chi connectivity index (χ0) is 12.4. The maximum atomic E-state index is 3.63. The lowest BCUT2D eigenvalue weighted by Gasteiger charge is -2.17. The maximum Gasteiger partial charge on any atom is 0.0108 e. The fourth-order valence-electron chi connectivity index (χ4n) is 2.63. The number of likely N-dealkylation sites (N-methyl/N-ethyl adjacent to an activating group) is 1. The quantitative estimate of drug-likeness (QED) is 0.793. The van der Waals surface area contributed by atoms with Crippen LogP contribution in [0.3, 0.4) is 0 Å². The first-order chi connectivity index (χ1) is 8.84. The minimum Gasteiger partial charge on any atom is -0.315 e. The molecule has 1 aliphatic carbocycles. The molecule has 1 aromatic rings. The van der Waals surface area contributed by atoms with Gasteiger partial charge in [0.25, 0.3) is 0 Å². The van der Waals surface area contributed by atoms with Crippen LogP contribution in [-0.2, 0) is 0 Å². The van der Waals surface area contributed by atoms with Crippen molar-refractivity contribution in [2.45, 2.75) is 29.7 Å². The Morgan fingerprint density at radius 2 is 2.17 bits per heavy atom. The zero-order valence-corrected chi connectivity index (χ0v) is 11.9. The van der Waals surface area contributed by atoms with E-state index in [1.807, 2.05) is 11.8 Å². The summed E-state index contributed by atoms with van der Waals surface area (Å²) in [6.07, 6.45) is 2.81. The topological polar surface area (TPSA) is 15.3 Å². The highest BCUT2D eigenvalue weighted by molar-refractivity contribution is 7.99. The molecule has 1 fully saturated rings. The van der Waals surface area contributed by atoms with Gasteiger partial charge in [-0.05, 0) is 31.5 Å². The van der Waals surface area contributed by atoms with Gasteiger partial charge in [-0.3, -0.25) is 0 Å². The molecule has 0 amide bonds. The summed E-state index contributed by atoms with van der Waals surface area (Å²) < 4.78 is 0. The van der Waals surface area contributed by atoms with Crippen LogP contribution in [0.2, 0.25) is 0 Å². The number of thioether (sulfide) groups is 1. The summed E-state index contributed by atoms with van der Waals surface area (Å²) in [5, 5.41) is 3.63. The van der Waals surface area contributed by atoms with E-state index in [0.717, 1.165) is 19.1 Å². The monoisotopic (exact) mass is 262 g/mol. The number of nitrogens with zero attached hydrogens (tertiary/aromatic N) is 1. The molecule has 1 saturated carbocycles. The van der Waals surface area contributed by atoms with Gasteiger partial charge in [0.2, 0.25) is 0 Å². The van der Waals surface area contributed by atoms with E-state index in [2.05, 4.69) is 41.5 Å². The van der Waals surface area contributed by atoms with E-state index in [4.69, 9.17) is 0 Å². The van der Waals surface area contributed by atoms with E-state index in [-0.39, 0.29) is 0 Å². The van der Waals surface area contributed by atoms with Crippen LogP contribution in [0.1, 0.15) is 24.3 Å². The predicted molar refractivity (Wildman–Crippen MR) is 78.4 cm³/mol. The Labute approximate surface area is 114 Å². The molecule has 1 unspecified atom stereocenters. The summed E-state index contributed by atoms with van der Waals surface area (Å²) in [7, 11) is 2.25. The van der Waals surface area contributed by atoms with E-state index in [9.17, 15) is 0 Å². The number of rotatable bonds is 6. The van der Waals surface area contributed by atoms with E-state index in [1.54, 1.807) is 5.56 Å². The average molecular weight is 262 g/mol. The van der Waals surface area contributed by atoms with E-state index in [0.29, 0.717) is 5.92 Å². The number of benzene rings is 1. The number of nitrogens with one attached hydrogen (secondary N) is 1. The Morgan fingerprint density at radius 1 is 1.33 bits per heavy atom. The molecule has 0 bridgehead atoms. The third kappa shape index (κ3) is 2.90. The van der Waals surface area contributed by atoms with Gasteiger partial charge in [-0.25, -0.2) is 0 Å². The van der Waals surface area contributed by atoms with Crippen LogP contribution in [0.4, 0.5) is 0 Å². The highest BCUT2D eigenvalue weighted by Crippen LogP contribution is 2.38. The Kier molecular flexibility index (Phi) is 3.92. The lowest BCUT2D eigenvalue weighted by molar-refractivity contribution is 0.321. The average Bonchev–Trinajstić information content (AvgIpc) is 3.17. The molecule has 1 heterocycles. The first kappa shape index (κ1) is 12.5. The van der Waals surface area contributed by atoms with E-state index < -0.39 is 0 Å². The first-order valence-electron chi connectivity index (χ1n) is 6.97. The van der Waals surface area contributed by atoms with Crippen LogP contribution >= 0.6 is 11.8 Å². The molecule has 2 aliphatic rings.